The summed E-state index contributed by atoms with van der Waals surface area (Å²) in [6.07, 6.45) is 1.48. The van der Waals surface area contributed by atoms with Crippen molar-refractivity contribution in [2.75, 3.05) is 6.61 Å². The number of hydrogen-bond acceptors (Lipinski definition) is 4. The number of aromatic nitrogens is 3. The van der Waals surface area contributed by atoms with Crippen molar-refractivity contribution in [3.8, 4) is 28.4 Å². The lowest BCUT2D eigenvalue weighted by molar-refractivity contribution is 0.0693. The maximum Gasteiger partial charge on any atom is 0.341 e. The van der Waals surface area contributed by atoms with E-state index >= 15 is 0 Å². The van der Waals surface area contributed by atoms with Crippen LogP contribution < -0.4 is 10.2 Å². The topological polar surface area (TPSA) is 86.3 Å². The Balaban J connectivity index is 1.86. The highest BCUT2D eigenvalue weighted by atomic mass is 16.5. The molecule has 0 bridgehead atoms. The molecule has 1 aliphatic heterocycles. The van der Waals surface area contributed by atoms with Gasteiger partial charge in [-0.05, 0) is 29.5 Å². The van der Waals surface area contributed by atoms with Gasteiger partial charge in [-0.1, -0.05) is 46.8 Å². The van der Waals surface area contributed by atoms with Crippen LogP contribution in [0.25, 0.3) is 22.6 Å². The summed E-state index contributed by atoms with van der Waals surface area (Å²) >= 11 is 0. The Morgan fingerprint density at radius 3 is 2.59 bits per heavy atom. The van der Waals surface area contributed by atoms with E-state index in [9.17, 15) is 14.7 Å². The van der Waals surface area contributed by atoms with Crippen molar-refractivity contribution >= 4 is 5.97 Å². The summed E-state index contributed by atoms with van der Waals surface area (Å²) < 4.78 is 9.86. The Morgan fingerprint density at radius 2 is 1.94 bits per heavy atom. The third kappa shape index (κ3) is 3.95. The minimum Gasteiger partial charge on any atom is -0.493 e. The third-order valence-electron chi connectivity index (χ3n) is 5.77. The van der Waals surface area contributed by atoms with Gasteiger partial charge in [-0.15, -0.1) is 0 Å². The smallest absolute Gasteiger partial charge is 0.341 e. The number of carboxylic acids is 1. The molecule has 1 aromatic carbocycles. The second kappa shape index (κ2) is 7.97. The molecule has 3 heterocycles. The van der Waals surface area contributed by atoms with Crippen molar-refractivity contribution in [2.24, 2.45) is 11.3 Å². The van der Waals surface area contributed by atoms with Crippen LogP contribution in [0.5, 0.6) is 5.75 Å². The summed E-state index contributed by atoms with van der Waals surface area (Å²) in [4.78, 5) is 24.1. The lowest BCUT2D eigenvalue weighted by atomic mass is 9.85. The van der Waals surface area contributed by atoms with E-state index in [-0.39, 0.29) is 17.0 Å². The van der Waals surface area contributed by atoms with Crippen LogP contribution in [0.3, 0.4) is 0 Å². The molecule has 0 saturated heterocycles. The summed E-state index contributed by atoms with van der Waals surface area (Å²) in [5.74, 6) is -0.0513. The van der Waals surface area contributed by atoms with E-state index < -0.39 is 11.4 Å². The number of hydrogen-bond donors (Lipinski definition) is 1. The summed E-state index contributed by atoms with van der Waals surface area (Å²) in [7, 11) is 0. The zero-order chi connectivity index (χ0) is 23.2. The Hall–Kier alpha value is -3.35. The summed E-state index contributed by atoms with van der Waals surface area (Å²) in [5.41, 5.74) is 2.20. The van der Waals surface area contributed by atoms with E-state index in [4.69, 9.17) is 9.84 Å². The molecule has 0 spiro atoms. The Bertz CT molecular complexity index is 1230. The largest absolute Gasteiger partial charge is 0.493 e. The van der Waals surface area contributed by atoms with E-state index in [0.717, 1.165) is 22.7 Å². The molecular formula is C25H29N3O4. The molecule has 3 aromatic rings. The third-order valence-corrected chi connectivity index (χ3v) is 5.77. The van der Waals surface area contributed by atoms with Gasteiger partial charge in [0.05, 0.1) is 36.3 Å². The van der Waals surface area contributed by atoms with Crippen LogP contribution in [0.15, 0.2) is 47.4 Å². The van der Waals surface area contributed by atoms with Gasteiger partial charge < -0.3 is 14.4 Å². The maximum absolute atomic E-state index is 12.5. The van der Waals surface area contributed by atoms with Crippen LogP contribution in [0.4, 0.5) is 0 Å². The van der Waals surface area contributed by atoms with Gasteiger partial charge in [0.15, 0.2) is 5.43 Å². The quantitative estimate of drug-likeness (QED) is 0.627. The average molecular weight is 436 g/mol. The lowest BCUT2D eigenvalue weighted by Crippen LogP contribution is -2.35. The highest BCUT2D eigenvalue weighted by molar-refractivity contribution is 5.87. The number of pyridine rings is 1. The van der Waals surface area contributed by atoms with E-state index in [2.05, 4.69) is 34.6 Å². The Labute approximate surface area is 187 Å². The number of carboxylic acid groups (broad SMARTS) is 1. The fraction of sp³-hybridized carbons (Fsp3) is 0.400. The van der Waals surface area contributed by atoms with Crippen LogP contribution in [0.2, 0.25) is 0 Å². The molecule has 0 saturated carbocycles. The van der Waals surface area contributed by atoms with Gasteiger partial charge in [0.1, 0.15) is 11.3 Å². The molecule has 7 heteroatoms. The van der Waals surface area contributed by atoms with Crippen molar-refractivity contribution in [1.29, 1.82) is 0 Å². The molecule has 1 N–H and O–H groups in total. The first-order valence-corrected chi connectivity index (χ1v) is 10.9. The van der Waals surface area contributed by atoms with E-state index in [1.54, 1.807) is 0 Å². The van der Waals surface area contributed by atoms with Crippen molar-refractivity contribution in [3.63, 3.8) is 0 Å². The summed E-state index contributed by atoms with van der Waals surface area (Å²) in [5, 5.41) is 14.3. The first kappa shape index (κ1) is 21.9. The lowest BCUT2D eigenvalue weighted by Gasteiger charge is -2.38. The van der Waals surface area contributed by atoms with Crippen LogP contribution in [0.1, 0.15) is 51.0 Å². The Morgan fingerprint density at radius 1 is 1.22 bits per heavy atom. The monoisotopic (exact) mass is 435 g/mol. The van der Waals surface area contributed by atoms with Crippen LogP contribution in [-0.2, 0) is 6.54 Å². The second-order valence-corrected chi connectivity index (χ2v) is 9.83. The second-order valence-electron chi connectivity index (χ2n) is 9.83. The molecule has 32 heavy (non-hydrogen) atoms. The van der Waals surface area contributed by atoms with Crippen molar-refractivity contribution < 1.29 is 14.6 Å². The number of ether oxygens (including phenoxy) is 1. The number of carbonyl (C=O) groups is 1. The number of para-hydroxylation sites is 1. The van der Waals surface area contributed by atoms with Crippen LogP contribution >= 0.6 is 0 Å². The van der Waals surface area contributed by atoms with E-state index in [1.165, 1.54) is 12.3 Å². The highest BCUT2D eigenvalue weighted by Crippen LogP contribution is 2.41. The standard InChI is InChI=1S/C25H29N3O4/c1-15(2)14-32-22-9-7-6-8-16(22)18-10-20-19-11-21(29)17(24(30)31)12-27(19)23(25(3,4)5)13-28(20)26-18/h6-12,15,23H,13-14H2,1-5H3,(H,30,31)/t23-/m0/s1. The van der Waals surface area contributed by atoms with Gasteiger partial charge in [0, 0.05) is 17.8 Å². The van der Waals surface area contributed by atoms with Gasteiger partial charge in [0.25, 0.3) is 0 Å². The molecule has 1 atom stereocenters. The molecule has 4 rings (SSSR count). The molecule has 1 aliphatic rings. The first-order chi connectivity index (χ1) is 15.1. The van der Waals surface area contributed by atoms with Crippen LogP contribution in [0, 0.1) is 11.3 Å². The molecule has 0 unspecified atom stereocenters. The summed E-state index contributed by atoms with van der Waals surface area (Å²) in [6, 6.07) is 11.1. The number of benzene rings is 1. The number of rotatable bonds is 5. The maximum atomic E-state index is 12.5. The molecule has 168 valence electrons. The predicted molar refractivity (Wildman–Crippen MR) is 123 cm³/mol. The molecule has 0 radical (unpaired) electrons. The average Bonchev–Trinajstić information content (AvgIpc) is 3.15. The van der Waals surface area contributed by atoms with Crippen molar-refractivity contribution in [1.82, 2.24) is 14.3 Å². The van der Waals surface area contributed by atoms with Gasteiger partial charge in [0.2, 0.25) is 0 Å². The predicted octanol–water partition coefficient (Wildman–Crippen LogP) is 4.71. The van der Waals surface area contributed by atoms with Crippen LogP contribution in [-0.4, -0.2) is 32.0 Å². The molecule has 0 aliphatic carbocycles. The molecular weight excluding hydrogens is 406 g/mol. The van der Waals surface area contributed by atoms with Crippen molar-refractivity contribution in [2.45, 2.75) is 47.2 Å². The first-order valence-electron chi connectivity index (χ1n) is 10.9. The van der Waals surface area contributed by atoms with E-state index in [0.29, 0.717) is 24.8 Å². The summed E-state index contributed by atoms with van der Waals surface area (Å²) in [6.45, 7) is 11.7. The molecule has 2 aromatic heterocycles. The fourth-order valence-corrected chi connectivity index (χ4v) is 4.07. The van der Waals surface area contributed by atoms with Gasteiger partial charge in [-0.25, -0.2) is 4.79 Å². The number of nitrogens with zero attached hydrogens (tertiary/aromatic N) is 3. The fourth-order valence-electron chi connectivity index (χ4n) is 4.07. The van der Waals surface area contributed by atoms with E-state index in [1.807, 2.05) is 39.6 Å². The number of fused-ring (bicyclic) bond motifs is 3. The number of aromatic carboxylic acids is 1. The van der Waals surface area contributed by atoms with Gasteiger partial charge in [-0.3, -0.25) is 9.48 Å². The minimum atomic E-state index is -1.21. The molecule has 0 amide bonds. The normalized spacial score (nSPS) is 15.4. The van der Waals surface area contributed by atoms with Gasteiger partial charge in [-0.2, -0.15) is 5.10 Å². The van der Waals surface area contributed by atoms with Gasteiger partial charge >= 0.3 is 5.97 Å². The SMILES string of the molecule is CC(C)COc1ccccc1-c1cc2n(n1)C[C@@H](C(C)(C)C)n1cc(C(=O)O)c(=O)cc1-2. The highest BCUT2D eigenvalue weighted by Gasteiger charge is 2.34. The minimum absolute atomic E-state index is 0.0658. The molecule has 0 fully saturated rings. The Kier molecular flexibility index (Phi) is 5.44. The van der Waals surface area contributed by atoms with Crippen molar-refractivity contribution in [3.05, 3.63) is 58.4 Å². The zero-order valence-electron chi connectivity index (χ0n) is 19.1. The molecule has 7 nitrogen and oxygen atoms in total. The zero-order valence-corrected chi connectivity index (χ0v) is 19.1.